The van der Waals surface area contributed by atoms with Crippen molar-refractivity contribution < 1.29 is 80.2 Å². The molecule has 0 bridgehead atoms. The largest absolute Gasteiger partial charge is 0.472 e. The number of ether oxygens (including phenoxy) is 4. The Morgan fingerprint density at radius 2 is 0.684 bits per heavy atom. The van der Waals surface area contributed by atoms with Crippen molar-refractivity contribution in [2.75, 3.05) is 39.6 Å². The summed E-state index contributed by atoms with van der Waals surface area (Å²) in [5.41, 5.74) is 0. The number of rotatable bonds is 58. The van der Waals surface area contributed by atoms with Gasteiger partial charge in [0.25, 0.3) is 0 Å². The maximum absolute atomic E-state index is 12.9. The van der Waals surface area contributed by atoms with Crippen molar-refractivity contribution in [3.63, 3.8) is 0 Å². The van der Waals surface area contributed by atoms with Crippen LogP contribution in [0.3, 0.4) is 0 Å². The van der Waals surface area contributed by atoms with Gasteiger partial charge >= 0.3 is 39.5 Å². The number of carbonyl (C=O) groups is 4. The summed E-state index contributed by atoms with van der Waals surface area (Å²) in [5, 5.41) is 10.5. The second-order valence-electron chi connectivity index (χ2n) is 21.5. The molecule has 0 spiro atoms. The Balaban J connectivity index is 5.21. The third-order valence-corrected chi connectivity index (χ3v) is 15.1. The van der Waals surface area contributed by atoms with E-state index in [0.717, 1.165) is 116 Å². The smallest absolute Gasteiger partial charge is 0.462 e. The minimum Gasteiger partial charge on any atom is -0.462 e. The molecule has 79 heavy (non-hydrogen) atoms. The zero-order valence-corrected chi connectivity index (χ0v) is 51.8. The SMILES string of the molecule is CCCCCC/C=C\C=C/CCCCCCCC(=O)O[C@H](COC(=O)CCCCCCCCCC(C)C)COP(=O)(O)OC[C@@H](O)COP(=O)(O)OC[C@@H](COC(=O)CCCCCCC)OC(=O)CCCCCCCCCCC. The highest BCUT2D eigenvalue weighted by Gasteiger charge is 2.30. The van der Waals surface area contributed by atoms with Gasteiger partial charge in [-0.25, -0.2) is 9.13 Å². The lowest BCUT2D eigenvalue weighted by Crippen LogP contribution is -2.30. The highest BCUT2D eigenvalue weighted by Crippen LogP contribution is 2.45. The van der Waals surface area contributed by atoms with Gasteiger partial charge in [-0.2, -0.15) is 0 Å². The number of carbonyl (C=O) groups excluding carboxylic acids is 4. The lowest BCUT2D eigenvalue weighted by Gasteiger charge is -2.21. The van der Waals surface area contributed by atoms with Crippen LogP contribution in [0, 0.1) is 5.92 Å². The van der Waals surface area contributed by atoms with Crippen molar-refractivity contribution in [3.05, 3.63) is 24.3 Å². The first-order chi connectivity index (χ1) is 38.0. The quantitative estimate of drug-likeness (QED) is 0.0169. The second kappa shape index (κ2) is 53.5. The van der Waals surface area contributed by atoms with Crippen LogP contribution in [0.15, 0.2) is 24.3 Å². The van der Waals surface area contributed by atoms with Crippen LogP contribution in [0.25, 0.3) is 0 Å². The molecule has 464 valence electrons. The van der Waals surface area contributed by atoms with Gasteiger partial charge in [0, 0.05) is 25.7 Å². The standard InChI is InChI=1S/C60H112O17P2/c1-6-9-12-15-17-19-20-21-22-23-24-26-30-36-41-46-60(65)77-56(50-71-58(63)44-39-34-31-27-28-33-37-42-53(4)5)52-75-79(68,69)73-48-54(61)47-72-78(66,67)74-51-55(49-70-57(62)43-38-32-14-11-8-3)76-59(64)45-40-35-29-25-18-16-13-10-7-2/h19-22,53-56,61H,6-18,23-52H2,1-5H3,(H,66,67)(H,68,69)/b20-19-,22-21-/t54-,55+,56+/m0/s1. The van der Waals surface area contributed by atoms with Crippen LogP contribution in [0.5, 0.6) is 0 Å². The van der Waals surface area contributed by atoms with E-state index in [4.69, 9.17) is 37.0 Å². The number of phosphoric ester groups is 2. The first-order valence-electron chi connectivity index (χ1n) is 31.0. The summed E-state index contributed by atoms with van der Waals surface area (Å²) in [7, 11) is -9.88. The van der Waals surface area contributed by atoms with Gasteiger partial charge in [0.1, 0.15) is 19.3 Å². The van der Waals surface area contributed by atoms with Crippen molar-refractivity contribution in [1.29, 1.82) is 0 Å². The van der Waals surface area contributed by atoms with Crippen LogP contribution in [0.4, 0.5) is 0 Å². The van der Waals surface area contributed by atoms with E-state index in [1.165, 1.54) is 70.6 Å². The zero-order valence-electron chi connectivity index (χ0n) is 50.0. The monoisotopic (exact) mass is 1170 g/mol. The Labute approximate surface area is 478 Å². The van der Waals surface area contributed by atoms with Crippen LogP contribution in [0.2, 0.25) is 0 Å². The van der Waals surface area contributed by atoms with Gasteiger partial charge in [0.2, 0.25) is 0 Å². The van der Waals surface area contributed by atoms with Crippen molar-refractivity contribution in [2.45, 2.75) is 291 Å². The fraction of sp³-hybridized carbons (Fsp3) is 0.867. The maximum Gasteiger partial charge on any atom is 0.472 e. The first kappa shape index (κ1) is 76.5. The maximum atomic E-state index is 12.9. The summed E-state index contributed by atoms with van der Waals surface area (Å²) in [6.45, 7) is 6.93. The predicted molar refractivity (Wildman–Crippen MR) is 312 cm³/mol. The third kappa shape index (κ3) is 54.5. The van der Waals surface area contributed by atoms with E-state index in [1.807, 2.05) is 0 Å². The number of hydrogen-bond donors (Lipinski definition) is 3. The van der Waals surface area contributed by atoms with E-state index in [2.05, 4.69) is 58.9 Å². The van der Waals surface area contributed by atoms with E-state index >= 15 is 0 Å². The number of esters is 4. The van der Waals surface area contributed by atoms with Gasteiger partial charge in [-0.15, -0.1) is 0 Å². The molecule has 5 atom stereocenters. The second-order valence-corrected chi connectivity index (χ2v) is 24.4. The molecule has 0 saturated carbocycles. The summed E-state index contributed by atoms with van der Waals surface area (Å²) >= 11 is 0. The zero-order chi connectivity index (χ0) is 58.5. The molecule has 0 aromatic heterocycles. The number of hydrogen-bond acceptors (Lipinski definition) is 15. The number of phosphoric acid groups is 2. The Bertz CT molecular complexity index is 1640. The molecule has 19 heteroatoms. The predicted octanol–water partition coefficient (Wildman–Crippen LogP) is 15.8. The van der Waals surface area contributed by atoms with E-state index in [-0.39, 0.29) is 25.7 Å². The lowest BCUT2D eigenvalue weighted by atomic mass is 10.0. The highest BCUT2D eigenvalue weighted by atomic mass is 31.2. The summed E-state index contributed by atoms with van der Waals surface area (Å²) in [6, 6.07) is 0. The molecule has 2 unspecified atom stereocenters. The van der Waals surface area contributed by atoms with Gasteiger partial charge in [0.05, 0.1) is 26.4 Å². The van der Waals surface area contributed by atoms with Crippen molar-refractivity contribution in [3.8, 4) is 0 Å². The molecule has 0 radical (unpaired) electrons. The van der Waals surface area contributed by atoms with Crippen LogP contribution in [-0.4, -0.2) is 96.7 Å². The fourth-order valence-electron chi connectivity index (χ4n) is 8.33. The van der Waals surface area contributed by atoms with Gasteiger partial charge < -0.3 is 33.8 Å². The van der Waals surface area contributed by atoms with E-state index in [0.29, 0.717) is 31.6 Å². The van der Waals surface area contributed by atoms with E-state index in [9.17, 15) is 43.2 Å². The topological polar surface area (TPSA) is 237 Å². The van der Waals surface area contributed by atoms with E-state index < -0.39 is 97.5 Å². The van der Waals surface area contributed by atoms with E-state index in [1.54, 1.807) is 0 Å². The minimum atomic E-state index is -4.95. The van der Waals surface area contributed by atoms with Crippen molar-refractivity contribution >= 4 is 39.5 Å². The Morgan fingerprint density at radius 3 is 1.04 bits per heavy atom. The number of allylic oxidation sites excluding steroid dienone is 4. The summed E-state index contributed by atoms with van der Waals surface area (Å²) < 4.78 is 67.5. The average Bonchev–Trinajstić information content (AvgIpc) is 3.41. The summed E-state index contributed by atoms with van der Waals surface area (Å²) in [5.74, 6) is -1.48. The normalized spacial score (nSPS) is 14.5. The van der Waals surface area contributed by atoms with Crippen molar-refractivity contribution in [1.82, 2.24) is 0 Å². The van der Waals surface area contributed by atoms with Gasteiger partial charge in [-0.3, -0.25) is 37.3 Å². The van der Waals surface area contributed by atoms with Gasteiger partial charge in [0.15, 0.2) is 12.2 Å². The number of unbranched alkanes of at least 4 members (excludes halogenated alkanes) is 27. The van der Waals surface area contributed by atoms with Gasteiger partial charge in [-0.1, -0.05) is 219 Å². The Morgan fingerprint density at radius 1 is 0.392 bits per heavy atom. The molecule has 0 amide bonds. The van der Waals surface area contributed by atoms with Crippen molar-refractivity contribution in [2.24, 2.45) is 5.92 Å². The first-order valence-corrected chi connectivity index (χ1v) is 33.9. The van der Waals surface area contributed by atoms with Crippen LogP contribution >= 0.6 is 15.6 Å². The van der Waals surface area contributed by atoms with Gasteiger partial charge in [-0.05, 0) is 57.3 Å². The number of aliphatic hydroxyl groups is 1. The fourth-order valence-corrected chi connectivity index (χ4v) is 9.91. The molecule has 0 aromatic rings. The average molecular weight is 1170 g/mol. The molecule has 0 saturated heterocycles. The Hall–Kier alpha value is -2.46. The third-order valence-electron chi connectivity index (χ3n) is 13.2. The molecule has 0 rings (SSSR count). The summed E-state index contributed by atoms with van der Waals surface area (Å²) in [6.07, 6.45) is 38.9. The minimum absolute atomic E-state index is 0.0840. The lowest BCUT2D eigenvalue weighted by molar-refractivity contribution is -0.161. The molecular formula is C60H112O17P2. The molecule has 0 aliphatic rings. The molecule has 3 N–H and O–H groups in total. The van der Waals surface area contributed by atoms with Crippen LogP contribution in [0.1, 0.15) is 272 Å². The Kier molecular flexibility index (Phi) is 51.9. The van der Waals surface area contributed by atoms with Crippen LogP contribution < -0.4 is 0 Å². The molecule has 0 aliphatic heterocycles. The highest BCUT2D eigenvalue weighted by molar-refractivity contribution is 7.47. The molecule has 0 fully saturated rings. The molecular weight excluding hydrogens is 1050 g/mol. The van der Waals surface area contributed by atoms with Crippen LogP contribution in [-0.2, 0) is 65.4 Å². The molecule has 17 nitrogen and oxygen atoms in total. The molecule has 0 aromatic carbocycles. The molecule has 0 heterocycles. The molecule has 0 aliphatic carbocycles. The summed E-state index contributed by atoms with van der Waals surface area (Å²) in [4.78, 5) is 71.7. The number of aliphatic hydroxyl groups excluding tert-OH is 1.